The van der Waals surface area contributed by atoms with Crippen molar-refractivity contribution in [2.24, 2.45) is 23.2 Å². The second-order valence-electron chi connectivity index (χ2n) is 10.5. The zero-order chi connectivity index (χ0) is 23.0. The van der Waals surface area contributed by atoms with Gasteiger partial charge in [0.1, 0.15) is 17.0 Å². The molecule has 0 amide bonds. The number of ketones is 2. The Labute approximate surface area is 182 Å². The Kier molecular flexibility index (Phi) is 4.93. The molecule has 6 atom stereocenters. The van der Waals surface area contributed by atoms with Gasteiger partial charge in [-0.05, 0) is 37.8 Å². The van der Waals surface area contributed by atoms with Crippen LogP contribution in [0.1, 0.15) is 59.8 Å². The van der Waals surface area contributed by atoms with E-state index in [9.17, 15) is 29.7 Å². The molecule has 170 valence electrons. The molecule has 0 heterocycles. The van der Waals surface area contributed by atoms with E-state index in [0.29, 0.717) is 17.6 Å². The van der Waals surface area contributed by atoms with Gasteiger partial charge in [0.15, 0.2) is 5.78 Å². The van der Waals surface area contributed by atoms with Crippen LogP contribution in [0, 0.1) is 23.2 Å². The van der Waals surface area contributed by atoms with E-state index in [2.05, 4.69) is 0 Å². The average Bonchev–Trinajstić information content (AvgIpc) is 3.11. The average molecular weight is 433 g/mol. The van der Waals surface area contributed by atoms with E-state index in [1.807, 2.05) is 13.8 Å². The Morgan fingerprint density at radius 2 is 1.84 bits per heavy atom. The van der Waals surface area contributed by atoms with Crippen molar-refractivity contribution in [2.75, 3.05) is 6.61 Å². The quantitative estimate of drug-likeness (QED) is 0.446. The van der Waals surface area contributed by atoms with E-state index in [4.69, 9.17) is 4.74 Å². The third-order valence-corrected chi connectivity index (χ3v) is 8.43. The maximum Gasteiger partial charge on any atom is 0.306 e. The van der Waals surface area contributed by atoms with Gasteiger partial charge in [-0.3, -0.25) is 9.59 Å². The van der Waals surface area contributed by atoms with Crippen LogP contribution in [0.3, 0.4) is 0 Å². The highest BCUT2D eigenvalue weighted by Gasteiger charge is 2.81. The van der Waals surface area contributed by atoms with E-state index >= 15 is 0 Å². The van der Waals surface area contributed by atoms with Gasteiger partial charge >= 0.3 is 5.97 Å². The third-order valence-electron chi connectivity index (χ3n) is 8.43. The van der Waals surface area contributed by atoms with Gasteiger partial charge in [0.2, 0.25) is 0 Å². The van der Waals surface area contributed by atoms with Gasteiger partial charge in [-0.2, -0.15) is 0 Å². The topological polar surface area (TPSA) is 121 Å². The zero-order valence-corrected chi connectivity index (χ0v) is 18.6. The SMILES string of the molecule is CC(=O)CCC(=O)O[C@@]12CC[C@@]3(O)[C@@H](C=C(CO)C[C@]4(O)C(=O)C(C)=C[C@@H]34)[C@H]1C2(C)C. The van der Waals surface area contributed by atoms with Gasteiger partial charge in [0.25, 0.3) is 0 Å². The van der Waals surface area contributed by atoms with Gasteiger partial charge in [0, 0.05) is 36.0 Å². The largest absolute Gasteiger partial charge is 0.458 e. The standard InChI is InChI=1S/C24H32O7/c1-13-9-17-22(29)7-8-24(31-18(27)6-5-14(2)26)19(21(24,3)4)16(22)10-15(12-25)11-23(17,30)20(13)28/h9-10,16-17,19,25,29-30H,5-8,11-12H2,1-4H3/t16-,17-,19-,22+,23+,24-/m0/s1. The minimum atomic E-state index is -1.78. The summed E-state index contributed by atoms with van der Waals surface area (Å²) >= 11 is 0. The molecule has 7 nitrogen and oxygen atoms in total. The van der Waals surface area contributed by atoms with Crippen LogP contribution in [0.5, 0.6) is 0 Å². The summed E-state index contributed by atoms with van der Waals surface area (Å²) < 4.78 is 5.96. The van der Waals surface area contributed by atoms with Crippen molar-refractivity contribution in [3.8, 4) is 0 Å². The first kappa shape index (κ1) is 22.4. The smallest absolute Gasteiger partial charge is 0.306 e. The molecule has 2 fully saturated rings. The van der Waals surface area contributed by atoms with Crippen molar-refractivity contribution in [1.82, 2.24) is 0 Å². The summed E-state index contributed by atoms with van der Waals surface area (Å²) in [7, 11) is 0. The summed E-state index contributed by atoms with van der Waals surface area (Å²) in [6, 6.07) is 0. The Morgan fingerprint density at radius 1 is 1.16 bits per heavy atom. The first-order chi connectivity index (χ1) is 14.3. The van der Waals surface area contributed by atoms with Crippen molar-refractivity contribution in [3.05, 3.63) is 23.3 Å². The molecule has 31 heavy (non-hydrogen) atoms. The molecular weight excluding hydrogens is 400 g/mol. The van der Waals surface area contributed by atoms with Crippen LogP contribution in [0.2, 0.25) is 0 Å². The van der Waals surface area contributed by atoms with Crippen LogP contribution in [0.25, 0.3) is 0 Å². The molecular formula is C24H32O7. The molecule has 0 spiro atoms. The number of esters is 1. The molecule has 4 aliphatic carbocycles. The van der Waals surface area contributed by atoms with Gasteiger partial charge in [0.05, 0.1) is 18.6 Å². The van der Waals surface area contributed by atoms with Crippen LogP contribution < -0.4 is 0 Å². The molecule has 0 aliphatic heterocycles. The molecule has 0 unspecified atom stereocenters. The molecule has 2 saturated carbocycles. The number of aliphatic hydroxyl groups excluding tert-OH is 1. The Bertz CT molecular complexity index is 915. The fraction of sp³-hybridized carbons (Fsp3) is 0.708. The number of fused-ring (bicyclic) bond motifs is 5. The summed E-state index contributed by atoms with van der Waals surface area (Å²) in [6.07, 6.45) is 4.23. The van der Waals surface area contributed by atoms with Crippen LogP contribution in [0.4, 0.5) is 0 Å². The highest BCUT2D eigenvalue weighted by molar-refractivity contribution is 6.04. The molecule has 0 aromatic rings. The van der Waals surface area contributed by atoms with E-state index in [1.165, 1.54) is 6.92 Å². The van der Waals surface area contributed by atoms with Crippen molar-refractivity contribution in [2.45, 2.75) is 76.6 Å². The molecule has 0 saturated heterocycles. The lowest BCUT2D eigenvalue weighted by Gasteiger charge is -2.46. The van der Waals surface area contributed by atoms with E-state index in [0.717, 1.165) is 0 Å². The van der Waals surface area contributed by atoms with Crippen molar-refractivity contribution < 1.29 is 34.4 Å². The monoisotopic (exact) mass is 432 g/mol. The predicted molar refractivity (Wildman–Crippen MR) is 111 cm³/mol. The first-order valence-electron chi connectivity index (χ1n) is 11.0. The lowest BCUT2D eigenvalue weighted by molar-refractivity contribution is -0.172. The van der Waals surface area contributed by atoms with Crippen molar-refractivity contribution in [3.63, 3.8) is 0 Å². The fourth-order valence-corrected chi connectivity index (χ4v) is 6.76. The van der Waals surface area contributed by atoms with Gasteiger partial charge in [-0.1, -0.05) is 26.0 Å². The normalized spacial score (nSPS) is 42.4. The number of Topliss-reactive ketones (excluding diaryl/α,β-unsaturated/α-hetero) is 2. The summed E-state index contributed by atoms with van der Waals surface area (Å²) in [6.45, 7) is 6.73. The lowest BCUT2D eigenvalue weighted by Crippen LogP contribution is -2.57. The molecule has 3 N–H and O–H groups in total. The number of hydrogen-bond donors (Lipinski definition) is 3. The molecule has 0 radical (unpaired) electrons. The fourth-order valence-electron chi connectivity index (χ4n) is 6.76. The second kappa shape index (κ2) is 6.83. The Morgan fingerprint density at radius 3 is 2.45 bits per heavy atom. The lowest BCUT2D eigenvalue weighted by atomic mass is 9.64. The molecule has 0 aromatic carbocycles. The van der Waals surface area contributed by atoms with Crippen LogP contribution in [-0.2, 0) is 19.1 Å². The van der Waals surface area contributed by atoms with Gasteiger partial charge < -0.3 is 24.9 Å². The molecule has 4 rings (SSSR count). The molecule has 0 aromatic heterocycles. The van der Waals surface area contributed by atoms with E-state index in [1.54, 1.807) is 19.1 Å². The second-order valence-corrected chi connectivity index (χ2v) is 10.5. The summed E-state index contributed by atoms with van der Waals surface area (Å²) in [5.74, 6) is -2.43. The summed E-state index contributed by atoms with van der Waals surface area (Å²) in [5, 5.41) is 33.2. The third kappa shape index (κ3) is 2.93. The van der Waals surface area contributed by atoms with Gasteiger partial charge in [-0.25, -0.2) is 0 Å². The number of hydrogen-bond acceptors (Lipinski definition) is 7. The van der Waals surface area contributed by atoms with E-state index < -0.39 is 45.8 Å². The van der Waals surface area contributed by atoms with Crippen molar-refractivity contribution >= 4 is 17.5 Å². The van der Waals surface area contributed by atoms with Crippen LogP contribution >= 0.6 is 0 Å². The molecule has 0 bridgehead atoms. The van der Waals surface area contributed by atoms with Crippen LogP contribution in [-0.4, -0.2) is 56.3 Å². The Balaban J connectivity index is 1.71. The minimum Gasteiger partial charge on any atom is -0.458 e. The zero-order valence-electron chi connectivity index (χ0n) is 18.6. The Hall–Kier alpha value is -1.83. The molecule has 7 heteroatoms. The maximum atomic E-state index is 12.8. The maximum absolute atomic E-state index is 12.8. The number of rotatable bonds is 5. The highest BCUT2D eigenvalue weighted by atomic mass is 16.6. The molecule has 4 aliphatic rings. The van der Waals surface area contributed by atoms with Gasteiger partial charge in [-0.15, -0.1) is 0 Å². The highest BCUT2D eigenvalue weighted by Crippen LogP contribution is 2.75. The number of aliphatic hydroxyl groups is 3. The number of carbonyl (C=O) groups is 3. The summed E-state index contributed by atoms with van der Waals surface area (Å²) in [5.41, 5.74) is -3.47. The van der Waals surface area contributed by atoms with E-state index in [-0.39, 0.29) is 44.0 Å². The minimum absolute atomic E-state index is 0.0192. The first-order valence-corrected chi connectivity index (χ1v) is 11.0. The van der Waals surface area contributed by atoms with Crippen LogP contribution in [0.15, 0.2) is 23.3 Å². The number of carbonyl (C=O) groups excluding carboxylic acids is 3. The summed E-state index contributed by atoms with van der Waals surface area (Å²) in [4.78, 5) is 36.6. The number of ether oxygens (including phenoxy) is 1. The van der Waals surface area contributed by atoms with Crippen molar-refractivity contribution in [1.29, 1.82) is 0 Å². The predicted octanol–water partition coefficient (Wildman–Crippen LogP) is 1.63.